The van der Waals surface area contributed by atoms with Crippen LogP contribution in [0.15, 0.2) is 217 Å². The van der Waals surface area contributed by atoms with Crippen molar-refractivity contribution in [2.75, 3.05) is 4.90 Å². The Bertz CT molecular complexity index is 3900. The molecule has 4 aliphatic carbocycles. The van der Waals surface area contributed by atoms with E-state index in [4.69, 9.17) is 0 Å². The first-order chi connectivity index (χ1) is 33.4. The van der Waals surface area contributed by atoms with E-state index in [9.17, 15) is 0 Å². The topological polar surface area (TPSA) is 7.65 Å². The van der Waals surface area contributed by atoms with E-state index in [2.05, 4.69) is 254 Å². The van der Waals surface area contributed by atoms with E-state index < -0.39 is 0 Å². The number of allylic oxidation sites excluding steroid dienone is 6. The van der Waals surface area contributed by atoms with Crippen molar-refractivity contribution in [1.29, 1.82) is 0 Å². The largest absolute Gasteiger partial charge is 0.334 e. The molecule has 0 amide bonds. The molecule has 0 saturated heterocycles. The lowest BCUT2D eigenvalue weighted by molar-refractivity contribution is 0.610. The van der Waals surface area contributed by atoms with Crippen molar-refractivity contribution in [1.82, 2.24) is 4.40 Å². The van der Waals surface area contributed by atoms with Crippen LogP contribution in [-0.4, -0.2) is 15.7 Å². The Morgan fingerprint density at radius 2 is 1.21 bits per heavy atom. The normalized spacial score (nSPS) is 22.4. The molecule has 2 nitrogen and oxygen atoms in total. The minimum absolute atomic E-state index is 0.113. The zero-order valence-corrected chi connectivity index (χ0v) is 39.1. The van der Waals surface area contributed by atoms with Crippen LogP contribution in [-0.2, 0) is 10.8 Å². The molecule has 10 aromatic rings. The van der Waals surface area contributed by atoms with Crippen LogP contribution in [0.25, 0.3) is 77.0 Å². The van der Waals surface area contributed by atoms with Crippen molar-refractivity contribution in [2.24, 2.45) is 11.8 Å². The molecular weight excluding hydrogens is 841 g/mol. The lowest BCUT2D eigenvalue weighted by atomic mass is 9.80. The lowest BCUT2D eigenvalue weighted by Crippen LogP contribution is -2.35. The van der Waals surface area contributed by atoms with Crippen molar-refractivity contribution in [3.8, 4) is 33.4 Å². The van der Waals surface area contributed by atoms with Crippen LogP contribution in [0.5, 0.6) is 0 Å². The van der Waals surface area contributed by atoms with Gasteiger partial charge in [0.1, 0.15) is 0 Å². The minimum Gasteiger partial charge on any atom is -0.334 e. The highest BCUT2D eigenvalue weighted by atomic mass is 32.2. The van der Waals surface area contributed by atoms with Gasteiger partial charge in [0.2, 0.25) is 0 Å². The number of thioether (sulfide) groups is 1. The van der Waals surface area contributed by atoms with Gasteiger partial charge in [-0.2, -0.15) is 0 Å². The molecule has 15 rings (SSSR count). The summed E-state index contributed by atoms with van der Waals surface area (Å²) in [5, 5.41) is 5.87. The second-order valence-corrected chi connectivity index (χ2v) is 21.6. The summed E-state index contributed by atoms with van der Waals surface area (Å²) in [4.78, 5) is 4.06. The molecule has 1 saturated carbocycles. The van der Waals surface area contributed by atoms with E-state index >= 15 is 0 Å². The zero-order chi connectivity index (χ0) is 45.0. The van der Waals surface area contributed by atoms with Gasteiger partial charge < -0.3 is 9.30 Å². The maximum atomic E-state index is 2.60. The number of hydrogen-bond acceptors (Lipinski definition) is 2. The molecule has 5 unspecified atom stereocenters. The fraction of sp³-hybridized carbons (Fsp3) is 0.138. The third-order valence-corrected chi connectivity index (χ3v) is 18.1. The smallest absolute Gasteiger partial charge is 0.0620 e. The molecule has 1 aliphatic heterocycles. The number of rotatable bonds is 6. The molecule has 3 heterocycles. The van der Waals surface area contributed by atoms with E-state index in [0.717, 1.165) is 0 Å². The van der Waals surface area contributed by atoms with Crippen LogP contribution in [0, 0.1) is 11.8 Å². The molecule has 324 valence electrons. The van der Waals surface area contributed by atoms with Gasteiger partial charge in [-0.05, 0) is 104 Å². The third-order valence-electron chi connectivity index (χ3n) is 16.6. The van der Waals surface area contributed by atoms with E-state index in [0.29, 0.717) is 11.2 Å². The van der Waals surface area contributed by atoms with E-state index in [1.807, 2.05) is 0 Å². The number of aromatic nitrogens is 1. The second-order valence-electron chi connectivity index (χ2n) is 20.4. The van der Waals surface area contributed by atoms with Gasteiger partial charge in [0.25, 0.3) is 0 Å². The predicted octanol–water partition coefficient (Wildman–Crippen LogP) is 16.7. The first kappa shape index (κ1) is 38.7. The first-order valence-electron chi connectivity index (χ1n) is 24.4. The van der Waals surface area contributed by atoms with E-state index in [1.54, 1.807) is 0 Å². The van der Waals surface area contributed by atoms with Gasteiger partial charge in [-0.3, -0.25) is 0 Å². The number of fused-ring (bicyclic) bond motifs is 11. The van der Waals surface area contributed by atoms with Gasteiger partial charge in [-0.25, -0.2) is 0 Å². The summed E-state index contributed by atoms with van der Waals surface area (Å²) in [6.45, 7) is 7.27. The van der Waals surface area contributed by atoms with Crippen molar-refractivity contribution in [3.63, 3.8) is 0 Å². The zero-order valence-electron chi connectivity index (χ0n) is 38.3. The van der Waals surface area contributed by atoms with Gasteiger partial charge in [-0.1, -0.05) is 191 Å². The van der Waals surface area contributed by atoms with Gasteiger partial charge >= 0.3 is 0 Å². The Balaban J connectivity index is 0.829. The average Bonchev–Trinajstić information content (AvgIpc) is 3.64. The molecule has 0 bridgehead atoms. The Kier molecular flexibility index (Phi) is 7.91. The number of anilines is 2. The first-order valence-corrected chi connectivity index (χ1v) is 25.2. The number of para-hydroxylation sites is 3. The number of nitrogens with zero attached hydrogens (tertiary/aromatic N) is 2. The van der Waals surface area contributed by atoms with E-state index in [-0.39, 0.29) is 22.8 Å². The highest BCUT2D eigenvalue weighted by molar-refractivity contribution is 8.00. The highest BCUT2D eigenvalue weighted by Gasteiger charge is 2.68. The molecule has 2 aromatic heterocycles. The van der Waals surface area contributed by atoms with Crippen molar-refractivity contribution in [2.45, 2.75) is 47.8 Å². The van der Waals surface area contributed by atoms with Crippen LogP contribution in [0.3, 0.4) is 0 Å². The molecule has 5 atom stereocenters. The summed E-state index contributed by atoms with van der Waals surface area (Å²) in [6.07, 6.45) is 16.9. The summed E-state index contributed by atoms with van der Waals surface area (Å²) >= 11 is 2.08. The number of hydrogen-bond donors (Lipinski definition) is 0. The quantitative estimate of drug-likeness (QED) is 0.164. The van der Waals surface area contributed by atoms with Crippen molar-refractivity contribution >= 4 is 66.8 Å². The minimum atomic E-state index is -0.221. The average molecular weight is 889 g/mol. The second kappa shape index (κ2) is 13.9. The molecule has 68 heavy (non-hydrogen) atoms. The predicted molar refractivity (Wildman–Crippen MR) is 288 cm³/mol. The summed E-state index contributed by atoms with van der Waals surface area (Å²) in [6, 6.07) is 64.2. The summed E-state index contributed by atoms with van der Waals surface area (Å²) in [5.74, 6) is 0.849. The third kappa shape index (κ3) is 5.15. The fourth-order valence-electron chi connectivity index (χ4n) is 13.3. The summed E-state index contributed by atoms with van der Waals surface area (Å²) < 4.78 is 2.53. The van der Waals surface area contributed by atoms with Gasteiger partial charge in [0, 0.05) is 65.4 Å². The maximum Gasteiger partial charge on any atom is 0.0620 e. The van der Waals surface area contributed by atoms with Crippen LogP contribution >= 0.6 is 11.8 Å². The number of benzene rings is 8. The van der Waals surface area contributed by atoms with Gasteiger partial charge in [0.05, 0.1) is 22.6 Å². The Labute approximate surface area is 401 Å². The van der Waals surface area contributed by atoms with Gasteiger partial charge in [0.15, 0.2) is 0 Å². The fourth-order valence-corrected chi connectivity index (χ4v) is 15.0. The summed E-state index contributed by atoms with van der Waals surface area (Å²) in [7, 11) is 0. The monoisotopic (exact) mass is 888 g/mol. The molecule has 1 fully saturated rings. The molecule has 3 heteroatoms. The highest BCUT2D eigenvalue weighted by Crippen LogP contribution is 2.72. The Morgan fingerprint density at radius 3 is 2.04 bits per heavy atom. The molecule has 5 aliphatic rings. The van der Waals surface area contributed by atoms with Crippen molar-refractivity contribution in [3.05, 3.63) is 235 Å². The van der Waals surface area contributed by atoms with Crippen molar-refractivity contribution < 1.29 is 0 Å². The van der Waals surface area contributed by atoms with Crippen LogP contribution in [0.4, 0.5) is 11.4 Å². The molecule has 8 aromatic carbocycles. The van der Waals surface area contributed by atoms with E-state index in [1.165, 1.54) is 116 Å². The van der Waals surface area contributed by atoms with Gasteiger partial charge in [-0.15, -0.1) is 11.8 Å². The lowest BCUT2D eigenvalue weighted by Gasteiger charge is -2.38. The van der Waals surface area contributed by atoms with Crippen LogP contribution in [0.1, 0.15) is 43.0 Å². The van der Waals surface area contributed by atoms with Crippen LogP contribution in [0.2, 0.25) is 0 Å². The SMILES string of the molecule is CC1C=C(c2cccc3c2C24C=CC=CC2C4S3)C=CC1N(c1ccc(-c2ccccc2)cc1)c1ccc2c(c1)C(C)(C)c1cc(-c3cccc4c5cccc6c7ccccc7n(c34)c65)ccc1-2. The molecular formula is C65H48N2S. The Hall–Kier alpha value is -7.33. The maximum absolute atomic E-state index is 2.60. The standard InChI is InChI=1S/C65H48N2S/c1-39-36-42(46-17-13-24-59-60(46)65-35-10-9-22-54(65)63(65)68-59)28-34-57(39)66(44-29-25-41(26-30-44)40-14-5-4-6-15-40)45-31-33-49-48-32-27-43(37-55(48)64(2,3)56(49)38-45)47-18-11-20-52-53-21-12-19-51-50-16-7-8-23-58(50)67(61(47)52)62(51)53/h4-39,54,57,63H,1-3H3. The summed E-state index contributed by atoms with van der Waals surface area (Å²) in [5.41, 5.74) is 20.9. The molecule has 0 N–H and O–H groups in total. The molecule has 1 spiro atoms. The van der Waals surface area contributed by atoms with Crippen LogP contribution < -0.4 is 4.90 Å². The Morgan fingerprint density at radius 1 is 0.544 bits per heavy atom. The molecule has 0 radical (unpaired) electrons.